The molecule has 6 aromatic rings. The lowest BCUT2D eigenvalue weighted by atomic mass is 9.82. The number of rotatable bonds is 2. The van der Waals surface area contributed by atoms with Crippen LogP contribution in [0.5, 0.6) is 0 Å². The number of fused-ring (bicyclic) bond motifs is 5. The van der Waals surface area contributed by atoms with Gasteiger partial charge in [-0.25, -0.2) is 15.0 Å². The van der Waals surface area contributed by atoms with Crippen LogP contribution in [0.15, 0.2) is 103 Å². The van der Waals surface area contributed by atoms with Gasteiger partial charge in [-0.15, -0.1) is 0 Å². The van der Waals surface area contributed by atoms with Crippen molar-refractivity contribution in [3.05, 3.63) is 114 Å². The maximum Gasteiger partial charge on any atom is 0.179 e. The van der Waals surface area contributed by atoms with E-state index >= 15 is 0 Å². The fraction of sp³-hybridized carbons (Fsp3) is 0.0938. The molecule has 3 heteroatoms. The Kier molecular flexibility index (Phi) is 4.19. The molecule has 0 spiro atoms. The second-order valence-corrected chi connectivity index (χ2v) is 9.70. The summed E-state index contributed by atoms with van der Waals surface area (Å²) in [5.74, 6) is 0.646. The molecule has 1 aliphatic carbocycles. The van der Waals surface area contributed by atoms with Gasteiger partial charge in [0.05, 0.1) is 16.7 Å². The van der Waals surface area contributed by atoms with E-state index in [0.29, 0.717) is 5.82 Å². The molecule has 4 aromatic carbocycles. The van der Waals surface area contributed by atoms with Crippen molar-refractivity contribution >= 4 is 21.8 Å². The molecule has 0 radical (unpaired) electrons. The maximum absolute atomic E-state index is 5.17. The Bertz CT molecular complexity index is 1780. The first-order chi connectivity index (χ1) is 17.1. The number of pyridine rings is 1. The first-order valence-corrected chi connectivity index (χ1v) is 12.0. The molecule has 166 valence electrons. The van der Waals surface area contributed by atoms with Crippen molar-refractivity contribution in [3.63, 3.8) is 0 Å². The number of hydrogen-bond acceptors (Lipinski definition) is 3. The second kappa shape index (κ2) is 7.31. The second-order valence-electron chi connectivity index (χ2n) is 9.70. The third-order valence-corrected chi connectivity index (χ3v) is 7.29. The van der Waals surface area contributed by atoms with Crippen molar-refractivity contribution in [2.24, 2.45) is 0 Å². The summed E-state index contributed by atoms with van der Waals surface area (Å²) in [6.45, 7) is 4.62. The van der Waals surface area contributed by atoms with E-state index in [1.165, 1.54) is 22.3 Å². The minimum Gasteiger partial charge on any atom is -0.244 e. The van der Waals surface area contributed by atoms with Gasteiger partial charge in [0.1, 0.15) is 5.69 Å². The number of benzene rings is 4. The number of hydrogen-bond donors (Lipinski definition) is 0. The Hall–Kier alpha value is -4.37. The topological polar surface area (TPSA) is 38.7 Å². The lowest BCUT2D eigenvalue weighted by molar-refractivity contribution is 0.660. The average Bonchev–Trinajstić information content (AvgIpc) is 3.15. The Morgan fingerprint density at radius 2 is 1.26 bits per heavy atom. The van der Waals surface area contributed by atoms with Crippen LogP contribution in [-0.2, 0) is 5.41 Å². The fourth-order valence-electron chi connectivity index (χ4n) is 5.54. The highest BCUT2D eigenvalue weighted by Crippen LogP contribution is 2.52. The minimum atomic E-state index is -0.0620. The van der Waals surface area contributed by atoms with Gasteiger partial charge in [0.15, 0.2) is 5.82 Å². The molecule has 0 unspecified atom stereocenters. The number of aromatic nitrogens is 3. The number of nitrogens with zero attached hydrogens (tertiary/aromatic N) is 3. The molecule has 1 aliphatic rings. The summed E-state index contributed by atoms with van der Waals surface area (Å²) >= 11 is 0. The normalized spacial score (nSPS) is 13.7. The van der Waals surface area contributed by atoms with E-state index in [9.17, 15) is 0 Å². The third kappa shape index (κ3) is 2.95. The van der Waals surface area contributed by atoms with E-state index in [4.69, 9.17) is 15.0 Å². The summed E-state index contributed by atoms with van der Waals surface area (Å²) in [5, 5.41) is 2.16. The van der Waals surface area contributed by atoms with E-state index in [1.54, 1.807) is 0 Å². The third-order valence-electron chi connectivity index (χ3n) is 7.29. The Morgan fingerprint density at radius 3 is 2.17 bits per heavy atom. The van der Waals surface area contributed by atoms with Gasteiger partial charge < -0.3 is 0 Å². The fourth-order valence-corrected chi connectivity index (χ4v) is 5.54. The Labute approximate surface area is 204 Å². The van der Waals surface area contributed by atoms with Gasteiger partial charge in [0, 0.05) is 21.8 Å². The molecule has 0 aliphatic heterocycles. The molecule has 0 N–H and O–H groups in total. The van der Waals surface area contributed by atoms with Gasteiger partial charge in [0.2, 0.25) is 0 Å². The van der Waals surface area contributed by atoms with Crippen LogP contribution >= 0.6 is 0 Å². The van der Waals surface area contributed by atoms with Crippen LogP contribution < -0.4 is 0 Å². The molecule has 0 bridgehead atoms. The number of para-hydroxylation sites is 2. The van der Waals surface area contributed by atoms with Gasteiger partial charge in [-0.05, 0) is 40.5 Å². The lowest BCUT2D eigenvalue weighted by Crippen LogP contribution is -2.14. The molecule has 0 amide bonds. The zero-order valence-electron chi connectivity index (χ0n) is 19.7. The summed E-state index contributed by atoms with van der Waals surface area (Å²) in [7, 11) is 0. The summed E-state index contributed by atoms with van der Waals surface area (Å²) in [4.78, 5) is 15.0. The lowest BCUT2D eigenvalue weighted by Gasteiger charge is -2.21. The van der Waals surface area contributed by atoms with Crippen molar-refractivity contribution in [1.29, 1.82) is 0 Å². The van der Waals surface area contributed by atoms with E-state index in [1.807, 2.05) is 30.3 Å². The van der Waals surface area contributed by atoms with Gasteiger partial charge in [-0.3, -0.25) is 0 Å². The monoisotopic (exact) mass is 449 g/mol. The Morgan fingerprint density at radius 1 is 0.543 bits per heavy atom. The van der Waals surface area contributed by atoms with E-state index in [-0.39, 0.29) is 5.41 Å². The molecule has 3 nitrogen and oxygen atoms in total. The molecule has 0 fully saturated rings. The molecule has 0 saturated heterocycles. The quantitative estimate of drug-likeness (QED) is 0.270. The van der Waals surface area contributed by atoms with Crippen LogP contribution in [0.25, 0.3) is 55.7 Å². The van der Waals surface area contributed by atoms with Crippen molar-refractivity contribution in [2.75, 3.05) is 0 Å². The zero-order chi connectivity index (χ0) is 23.6. The first-order valence-electron chi connectivity index (χ1n) is 12.0. The molecular formula is C32H23N3. The van der Waals surface area contributed by atoms with Gasteiger partial charge in [0.25, 0.3) is 0 Å². The van der Waals surface area contributed by atoms with Crippen LogP contribution in [0.4, 0.5) is 0 Å². The van der Waals surface area contributed by atoms with Gasteiger partial charge >= 0.3 is 0 Å². The van der Waals surface area contributed by atoms with Crippen molar-refractivity contribution in [3.8, 4) is 33.9 Å². The van der Waals surface area contributed by atoms with Crippen LogP contribution in [-0.4, -0.2) is 15.0 Å². The van der Waals surface area contributed by atoms with Crippen LogP contribution in [0.3, 0.4) is 0 Å². The summed E-state index contributed by atoms with van der Waals surface area (Å²) in [5.41, 5.74) is 9.93. The SMILES string of the molecule is CC1(C)c2ccccc2-c2c(-c3nc(-c4ccc5ccccc5n4)nc4ccccc34)cccc21. The maximum atomic E-state index is 5.17. The molecule has 2 aromatic heterocycles. The van der Waals surface area contributed by atoms with E-state index in [0.717, 1.165) is 38.8 Å². The van der Waals surface area contributed by atoms with Crippen molar-refractivity contribution < 1.29 is 0 Å². The Balaban J connectivity index is 1.53. The largest absolute Gasteiger partial charge is 0.244 e. The molecule has 0 saturated carbocycles. The van der Waals surface area contributed by atoms with Crippen molar-refractivity contribution in [2.45, 2.75) is 19.3 Å². The van der Waals surface area contributed by atoms with E-state index in [2.05, 4.69) is 86.6 Å². The van der Waals surface area contributed by atoms with E-state index < -0.39 is 0 Å². The van der Waals surface area contributed by atoms with Crippen molar-refractivity contribution in [1.82, 2.24) is 15.0 Å². The summed E-state index contributed by atoms with van der Waals surface area (Å²) < 4.78 is 0. The summed E-state index contributed by atoms with van der Waals surface area (Å²) in [6, 6.07) is 35.9. The van der Waals surface area contributed by atoms with Gasteiger partial charge in [-0.1, -0.05) is 98.8 Å². The van der Waals surface area contributed by atoms with Gasteiger partial charge in [-0.2, -0.15) is 0 Å². The van der Waals surface area contributed by atoms with Crippen LogP contribution in [0.2, 0.25) is 0 Å². The highest BCUT2D eigenvalue weighted by Gasteiger charge is 2.37. The molecule has 0 atom stereocenters. The predicted molar refractivity (Wildman–Crippen MR) is 143 cm³/mol. The molecular weight excluding hydrogens is 426 g/mol. The first kappa shape index (κ1) is 20.0. The molecule has 35 heavy (non-hydrogen) atoms. The predicted octanol–water partition coefficient (Wildman–Crippen LogP) is 7.82. The average molecular weight is 450 g/mol. The molecule has 2 heterocycles. The zero-order valence-corrected chi connectivity index (χ0v) is 19.7. The minimum absolute atomic E-state index is 0.0620. The highest BCUT2D eigenvalue weighted by molar-refractivity contribution is 6.00. The standard InChI is InChI=1S/C32H23N3/c1-32(2)24-14-6-4-11-21(24)29-23(13-9-15-25(29)32)30-22-12-5-8-17-27(22)34-31(35-30)28-19-18-20-10-3-7-16-26(20)33-28/h3-19H,1-2H3. The molecule has 7 rings (SSSR count). The smallest absolute Gasteiger partial charge is 0.179 e. The van der Waals surface area contributed by atoms with Crippen LogP contribution in [0.1, 0.15) is 25.0 Å². The van der Waals surface area contributed by atoms with Crippen LogP contribution in [0, 0.1) is 0 Å². The summed E-state index contributed by atoms with van der Waals surface area (Å²) in [6.07, 6.45) is 0. The highest BCUT2D eigenvalue weighted by atomic mass is 14.9.